The SMILES string of the molecule is Cn1cc(-c2ccc3cnc(CC(=O)C4CCN(S(C)(=O)=O)CC4)nc3c2)cn1. The molecule has 1 saturated heterocycles. The molecule has 0 amide bonds. The molecule has 0 atom stereocenters. The van der Waals surface area contributed by atoms with Crippen LogP contribution in [0.15, 0.2) is 36.8 Å². The highest BCUT2D eigenvalue weighted by molar-refractivity contribution is 7.88. The molecule has 0 unspecified atom stereocenters. The van der Waals surface area contributed by atoms with Crippen molar-refractivity contribution < 1.29 is 13.2 Å². The van der Waals surface area contributed by atoms with Gasteiger partial charge in [0.05, 0.1) is 24.4 Å². The number of rotatable bonds is 5. The third-order valence-corrected chi connectivity index (χ3v) is 6.68. The summed E-state index contributed by atoms with van der Waals surface area (Å²) in [6.45, 7) is 0.782. The largest absolute Gasteiger partial charge is 0.299 e. The van der Waals surface area contributed by atoms with Crippen molar-refractivity contribution in [2.45, 2.75) is 19.3 Å². The number of carbonyl (C=O) groups is 1. The van der Waals surface area contributed by atoms with Gasteiger partial charge >= 0.3 is 0 Å². The molecular formula is C20H23N5O3S. The molecule has 0 bridgehead atoms. The molecule has 29 heavy (non-hydrogen) atoms. The van der Waals surface area contributed by atoms with Crippen LogP contribution in [0.5, 0.6) is 0 Å². The molecular weight excluding hydrogens is 390 g/mol. The van der Waals surface area contributed by atoms with E-state index in [2.05, 4.69) is 15.1 Å². The van der Waals surface area contributed by atoms with E-state index < -0.39 is 10.0 Å². The van der Waals surface area contributed by atoms with Gasteiger partial charge in [-0.1, -0.05) is 12.1 Å². The standard InChI is InChI=1S/C20H23N5O3S/c1-24-13-17(12-22-24)15-3-4-16-11-21-20(23-18(16)9-15)10-19(26)14-5-7-25(8-6-14)29(2,27)28/h3-4,9,11-14H,5-8,10H2,1-2H3. The Labute approximate surface area is 169 Å². The van der Waals surface area contributed by atoms with Crippen LogP contribution >= 0.6 is 0 Å². The van der Waals surface area contributed by atoms with Gasteiger partial charge in [-0.15, -0.1) is 0 Å². The number of piperidine rings is 1. The number of fused-ring (bicyclic) bond motifs is 1. The summed E-state index contributed by atoms with van der Waals surface area (Å²) in [5.74, 6) is 0.423. The first-order chi connectivity index (χ1) is 13.8. The number of benzene rings is 1. The molecule has 1 aliphatic rings. The number of sulfonamides is 1. The van der Waals surface area contributed by atoms with Crippen LogP contribution in [0.4, 0.5) is 0 Å². The van der Waals surface area contributed by atoms with Gasteiger partial charge < -0.3 is 0 Å². The van der Waals surface area contributed by atoms with Gasteiger partial charge in [0.2, 0.25) is 10.0 Å². The third kappa shape index (κ3) is 4.35. The van der Waals surface area contributed by atoms with Crippen LogP contribution in [0, 0.1) is 5.92 Å². The van der Waals surface area contributed by atoms with Crippen molar-refractivity contribution in [3.63, 3.8) is 0 Å². The Morgan fingerprint density at radius 3 is 2.59 bits per heavy atom. The van der Waals surface area contributed by atoms with Gasteiger partial charge in [-0.3, -0.25) is 9.48 Å². The van der Waals surface area contributed by atoms with Crippen LogP contribution in [-0.2, 0) is 28.3 Å². The van der Waals surface area contributed by atoms with E-state index >= 15 is 0 Å². The molecule has 1 aromatic carbocycles. The number of aromatic nitrogens is 4. The summed E-state index contributed by atoms with van der Waals surface area (Å²) in [4.78, 5) is 21.6. The van der Waals surface area contributed by atoms with Gasteiger partial charge in [-0.05, 0) is 24.5 Å². The average Bonchev–Trinajstić information content (AvgIpc) is 3.13. The lowest BCUT2D eigenvalue weighted by Gasteiger charge is -2.29. The van der Waals surface area contributed by atoms with Crippen LogP contribution in [-0.4, -0.2) is 57.6 Å². The highest BCUT2D eigenvalue weighted by atomic mass is 32.2. The monoisotopic (exact) mass is 413 g/mol. The van der Waals surface area contributed by atoms with E-state index in [1.807, 2.05) is 31.4 Å². The number of hydrogen-bond donors (Lipinski definition) is 0. The van der Waals surface area contributed by atoms with Crippen LogP contribution in [0.1, 0.15) is 18.7 Å². The quantitative estimate of drug-likeness (QED) is 0.633. The minimum absolute atomic E-state index is 0.0703. The van der Waals surface area contributed by atoms with Crippen molar-refractivity contribution in [1.82, 2.24) is 24.1 Å². The summed E-state index contributed by atoms with van der Waals surface area (Å²) >= 11 is 0. The molecule has 0 N–H and O–H groups in total. The van der Waals surface area contributed by atoms with E-state index in [1.54, 1.807) is 17.1 Å². The van der Waals surface area contributed by atoms with E-state index in [-0.39, 0.29) is 18.1 Å². The molecule has 3 aromatic rings. The first kappa shape index (κ1) is 19.7. The Bertz CT molecular complexity index is 1160. The van der Waals surface area contributed by atoms with Crippen LogP contribution in [0.25, 0.3) is 22.0 Å². The fourth-order valence-electron chi connectivity index (χ4n) is 3.71. The molecule has 1 fully saturated rings. The van der Waals surface area contributed by atoms with E-state index in [4.69, 9.17) is 0 Å². The van der Waals surface area contributed by atoms with Crippen LogP contribution in [0.3, 0.4) is 0 Å². The lowest BCUT2D eigenvalue weighted by atomic mass is 9.92. The van der Waals surface area contributed by atoms with Crippen molar-refractivity contribution >= 4 is 26.7 Å². The summed E-state index contributed by atoms with van der Waals surface area (Å²) in [5, 5.41) is 5.11. The maximum absolute atomic E-state index is 12.7. The zero-order valence-corrected chi connectivity index (χ0v) is 17.3. The minimum Gasteiger partial charge on any atom is -0.299 e. The van der Waals surface area contributed by atoms with Crippen LogP contribution < -0.4 is 0 Å². The number of ketones is 1. The van der Waals surface area contributed by atoms with Crippen molar-refractivity contribution in [1.29, 1.82) is 0 Å². The molecule has 152 valence electrons. The van der Waals surface area contributed by atoms with E-state index in [1.165, 1.54) is 10.6 Å². The Balaban J connectivity index is 1.48. The third-order valence-electron chi connectivity index (χ3n) is 5.38. The smallest absolute Gasteiger partial charge is 0.211 e. The van der Waals surface area contributed by atoms with E-state index in [0.717, 1.165) is 22.0 Å². The lowest BCUT2D eigenvalue weighted by molar-refractivity contribution is -0.123. The second kappa shape index (κ2) is 7.64. The van der Waals surface area contributed by atoms with Crippen molar-refractivity contribution in [2.75, 3.05) is 19.3 Å². The Hall–Kier alpha value is -2.65. The van der Waals surface area contributed by atoms with Crippen molar-refractivity contribution in [3.05, 3.63) is 42.6 Å². The van der Waals surface area contributed by atoms with Gasteiger partial charge in [-0.25, -0.2) is 22.7 Å². The molecule has 0 saturated carbocycles. The molecule has 0 radical (unpaired) electrons. The molecule has 2 aromatic heterocycles. The zero-order chi connectivity index (χ0) is 20.6. The fourth-order valence-corrected chi connectivity index (χ4v) is 4.58. The topological polar surface area (TPSA) is 98.1 Å². The maximum Gasteiger partial charge on any atom is 0.211 e. The summed E-state index contributed by atoms with van der Waals surface area (Å²) in [6, 6.07) is 5.94. The second-order valence-corrected chi connectivity index (χ2v) is 9.52. The number of carbonyl (C=O) groups excluding carboxylic acids is 1. The Morgan fingerprint density at radius 1 is 1.17 bits per heavy atom. The number of Topliss-reactive ketones (excluding diaryl/α,β-unsaturated/α-hetero) is 1. The molecule has 9 heteroatoms. The van der Waals surface area contributed by atoms with Crippen molar-refractivity contribution in [2.24, 2.45) is 13.0 Å². The molecule has 1 aliphatic heterocycles. The lowest BCUT2D eigenvalue weighted by Crippen LogP contribution is -2.40. The van der Waals surface area contributed by atoms with Gasteiger partial charge in [0.15, 0.2) is 0 Å². The number of aryl methyl sites for hydroxylation is 1. The molecule has 8 nitrogen and oxygen atoms in total. The predicted molar refractivity (Wildman–Crippen MR) is 110 cm³/mol. The molecule has 3 heterocycles. The summed E-state index contributed by atoms with van der Waals surface area (Å²) in [5.41, 5.74) is 2.80. The average molecular weight is 414 g/mol. The normalized spacial score (nSPS) is 16.3. The predicted octanol–water partition coefficient (Wildman–Crippen LogP) is 1.81. The summed E-state index contributed by atoms with van der Waals surface area (Å²) in [7, 11) is -1.32. The zero-order valence-electron chi connectivity index (χ0n) is 16.4. The second-order valence-electron chi connectivity index (χ2n) is 7.54. The van der Waals surface area contributed by atoms with E-state index in [9.17, 15) is 13.2 Å². The van der Waals surface area contributed by atoms with Gasteiger partial charge in [0.25, 0.3) is 0 Å². The van der Waals surface area contributed by atoms with E-state index in [0.29, 0.717) is 31.8 Å². The van der Waals surface area contributed by atoms with Gasteiger partial charge in [0, 0.05) is 49.4 Å². The highest BCUT2D eigenvalue weighted by Crippen LogP contribution is 2.24. The summed E-state index contributed by atoms with van der Waals surface area (Å²) < 4.78 is 26.4. The van der Waals surface area contributed by atoms with Gasteiger partial charge in [-0.2, -0.15) is 5.10 Å². The molecule has 0 aliphatic carbocycles. The Morgan fingerprint density at radius 2 is 1.93 bits per heavy atom. The first-order valence-electron chi connectivity index (χ1n) is 9.52. The molecule has 4 rings (SSSR count). The maximum atomic E-state index is 12.7. The number of nitrogens with zero attached hydrogens (tertiary/aromatic N) is 5. The van der Waals surface area contributed by atoms with Gasteiger partial charge in [0.1, 0.15) is 11.6 Å². The minimum atomic E-state index is -3.19. The first-order valence-corrected chi connectivity index (χ1v) is 11.4. The number of hydrogen-bond acceptors (Lipinski definition) is 6. The highest BCUT2D eigenvalue weighted by Gasteiger charge is 2.29. The fraction of sp³-hybridized carbons (Fsp3) is 0.400. The van der Waals surface area contributed by atoms with Crippen LogP contribution in [0.2, 0.25) is 0 Å². The molecule has 0 spiro atoms. The Kier molecular flexibility index (Phi) is 5.18. The van der Waals surface area contributed by atoms with Crippen molar-refractivity contribution in [3.8, 4) is 11.1 Å². The summed E-state index contributed by atoms with van der Waals surface area (Å²) in [6.07, 6.45) is 7.94.